The topological polar surface area (TPSA) is 59.2 Å². The lowest BCUT2D eigenvalue weighted by Crippen LogP contribution is -2.14. The summed E-state index contributed by atoms with van der Waals surface area (Å²) >= 11 is 9.58. The van der Waals surface area contributed by atoms with Crippen LogP contribution in [0.1, 0.15) is 17.0 Å². The first-order valence-electron chi connectivity index (χ1n) is 9.50. The first kappa shape index (κ1) is 20.7. The standard InChI is InChI=1S/C23H21BrClN3O2/c1-29-21-10-16(12-26-13-23-27-19-4-2-3-5-20(19)28-23)18(24)11-22(21)30-14-15-6-8-17(25)9-7-15/h2-11,26H,12-14H2,1H3,(H,27,28). The molecule has 4 rings (SSSR count). The molecule has 0 atom stereocenters. The number of imidazole rings is 1. The van der Waals surface area contributed by atoms with Gasteiger partial charge in [0, 0.05) is 16.0 Å². The van der Waals surface area contributed by atoms with Crippen molar-refractivity contribution < 1.29 is 9.47 Å². The lowest BCUT2D eigenvalue weighted by Gasteiger charge is -2.14. The largest absolute Gasteiger partial charge is 0.493 e. The molecule has 3 aromatic carbocycles. The van der Waals surface area contributed by atoms with E-state index in [0.717, 1.165) is 32.5 Å². The van der Waals surface area contributed by atoms with E-state index in [1.165, 1.54) is 0 Å². The van der Waals surface area contributed by atoms with E-state index in [1.54, 1.807) is 7.11 Å². The number of nitrogens with zero attached hydrogens (tertiary/aromatic N) is 1. The molecular weight excluding hydrogens is 466 g/mol. The van der Waals surface area contributed by atoms with Crippen molar-refractivity contribution in [3.63, 3.8) is 0 Å². The van der Waals surface area contributed by atoms with Crippen molar-refractivity contribution in [2.24, 2.45) is 0 Å². The van der Waals surface area contributed by atoms with E-state index < -0.39 is 0 Å². The fraction of sp³-hybridized carbons (Fsp3) is 0.174. The van der Waals surface area contributed by atoms with Crippen LogP contribution < -0.4 is 14.8 Å². The number of benzene rings is 3. The molecule has 0 aliphatic heterocycles. The SMILES string of the molecule is COc1cc(CNCc2nc3ccccc3[nH]2)c(Br)cc1OCc1ccc(Cl)cc1. The van der Waals surface area contributed by atoms with Crippen molar-refractivity contribution in [2.45, 2.75) is 19.7 Å². The van der Waals surface area contributed by atoms with Crippen LogP contribution in [0.15, 0.2) is 65.1 Å². The molecule has 1 aromatic heterocycles. The smallest absolute Gasteiger partial charge is 0.162 e. The van der Waals surface area contributed by atoms with Crippen molar-refractivity contribution in [3.05, 3.63) is 87.1 Å². The third kappa shape index (κ3) is 4.95. The van der Waals surface area contributed by atoms with Crippen molar-refractivity contribution in [1.29, 1.82) is 0 Å². The van der Waals surface area contributed by atoms with Crippen molar-refractivity contribution >= 4 is 38.6 Å². The summed E-state index contributed by atoms with van der Waals surface area (Å²) in [6.07, 6.45) is 0. The lowest BCUT2D eigenvalue weighted by molar-refractivity contribution is 0.284. The van der Waals surface area contributed by atoms with Crippen molar-refractivity contribution in [3.8, 4) is 11.5 Å². The number of hydrogen-bond acceptors (Lipinski definition) is 4. The van der Waals surface area contributed by atoms with Crippen LogP contribution in [0, 0.1) is 0 Å². The van der Waals surface area contributed by atoms with Gasteiger partial charge in [0.15, 0.2) is 11.5 Å². The highest BCUT2D eigenvalue weighted by Crippen LogP contribution is 2.34. The van der Waals surface area contributed by atoms with Crippen molar-refractivity contribution in [2.75, 3.05) is 7.11 Å². The number of ether oxygens (including phenoxy) is 2. The predicted octanol–water partition coefficient (Wildman–Crippen LogP) is 5.86. The van der Waals surface area contributed by atoms with Gasteiger partial charge in [-0.25, -0.2) is 4.98 Å². The van der Waals surface area contributed by atoms with Gasteiger partial charge in [-0.1, -0.05) is 51.8 Å². The number of para-hydroxylation sites is 2. The molecule has 1 heterocycles. The fourth-order valence-electron chi connectivity index (χ4n) is 3.13. The molecule has 0 aliphatic rings. The van der Waals surface area contributed by atoms with Gasteiger partial charge in [-0.3, -0.25) is 0 Å². The molecule has 154 valence electrons. The normalized spacial score (nSPS) is 11.0. The minimum Gasteiger partial charge on any atom is -0.493 e. The number of nitrogens with one attached hydrogen (secondary N) is 2. The maximum absolute atomic E-state index is 5.96. The molecule has 0 spiro atoms. The highest BCUT2D eigenvalue weighted by atomic mass is 79.9. The lowest BCUT2D eigenvalue weighted by atomic mass is 10.2. The highest BCUT2D eigenvalue weighted by molar-refractivity contribution is 9.10. The number of aromatic nitrogens is 2. The van der Waals surface area contributed by atoms with Gasteiger partial charge >= 0.3 is 0 Å². The molecule has 0 saturated carbocycles. The maximum Gasteiger partial charge on any atom is 0.162 e. The van der Waals surface area contributed by atoms with Gasteiger partial charge in [-0.05, 0) is 47.5 Å². The summed E-state index contributed by atoms with van der Waals surface area (Å²) in [5.41, 5.74) is 4.12. The van der Waals surface area contributed by atoms with Gasteiger partial charge < -0.3 is 19.8 Å². The Labute approximate surface area is 188 Å². The number of fused-ring (bicyclic) bond motifs is 1. The van der Waals surface area contributed by atoms with Crippen LogP contribution in [0.3, 0.4) is 0 Å². The monoisotopic (exact) mass is 485 g/mol. The van der Waals surface area contributed by atoms with Crippen LogP contribution >= 0.6 is 27.5 Å². The summed E-state index contributed by atoms with van der Waals surface area (Å²) < 4.78 is 12.5. The minimum absolute atomic E-state index is 0.434. The third-order valence-electron chi connectivity index (χ3n) is 4.69. The average molecular weight is 487 g/mol. The summed E-state index contributed by atoms with van der Waals surface area (Å²) in [4.78, 5) is 7.92. The molecule has 0 amide bonds. The molecular formula is C23H21BrClN3O2. The van der Waals surface area contributed by atoms with E-state index in [1.807, 2.05) is 60.7 Å². The Bertz CT molecular complexity index is 1110. The Morgan fingerprint density at radius 3 is 2.60 bits per heavy atom. The minimum atomic E-state index is 0.434. The van der Waals surface area contributed by atoms with Crippen LogP contribution in [-0.4, -0.2) is 17.1 Å². The molecule has 0 bridgehead atoms. The second-order valence-electron chi connectivity index (χ2n) is 6.81. The zero-order valence-electron chi connectivity index (χ0n) is 16.4. The Kier molecular flexibility index (Phi) is 6.57. The van der Waals surface area contributed by atoms with E-state index >= 15 is 0 Å². The molecule has 0 unspecified atom stereocenters. The second-order valence-corrected chi connectivity index (χ2v) is 8.10. The zero-order chi connectivity index (χ0) is 20.9. The molecule has 5 nitrogen and oxygen atoms in total. The van der Waals surface area contributed by atoms with Crippen molar-refractivity contribution in [1.82, 2.24) is 15.3 Å². The molecule has 0 saturated heterocycles. The summed E-state index contributed by atoms with van der Waals surface area (Å²) in [5, 5.41) is 4.13. The van der Waals surface area contributed by atoms with Gasteiger partial charge in [0.2, 0.25) is 0 Å². The average Bonchev–Trinajstić information content (AvgIpc) is 3.17. The zero-order valence-corrected chi connectivity index (χ0v) is 18.8. The van der Waals surface area contributed by atoms with E-state index in [-0.39, 0.29) is 0 Å². The molecule has 7 heteroatoms. The van der Waals surface area contributed by atoms with Gasteiger partial charge in [0.05, 0.1) is 24.7 Å². The summed E-state index contributed by atoms with van der Waals surface area (Å²) in [6, 6.07) is 19.5. The van der Waals surface area contributed by atoms with Gasteiger partial charge in [0.1, 0.15) is 12.4 Å². The Morgan fingerprint density at radius 2 is 1.83 bits per heavy atom. The van der Waals surface area contributed by atoms with Crippen LogP contribution in [-0.2, 0) is 19.7 Å². The number of H-pyrrole nitrogens is 1. The van der Waals surface area contributed by atoms with Crippen LogP contribution in [0.25, 0.3) is 11.0 Å². The molecule has 0 fully saturated rings. The molecule has 2 N–H and O–H groups in total. The Balaban J connectivity index is 1.40. The van der Waals surface area contributed by atoms with E-state index in [2.05, 4.69) is 31.2 Å². The molecule has 0 aliphatic carbocycles. The van der Waals surface area contributed by atoms with Crippen LogP contribution in [0.2, 0.25) is 5.02 Å². The summed E-state index contributed by atoms with van der Waals surface area (Å²) in [7, 11) is 1.64. The van der Waals surface area contributed by atoms with E-state index in [9.17, 15) is 0 Å². The molecule has 0 radical (unpaired) electrons. The van der Waals surface area contributed by atoms with E-state index in [0.29, 0.717) is 36.2 Å². The third-order valence-corrected chi connectivity index (χ3v) is 5.68. The number of methoxy groups -OCH3 is 1. The second kappa shape index (κ2) is 9.51. The van der Waals surface area contributed by atoms with Crippen LogP contribution in [0.4, 0.5) is 0 Å². The van der Waals surface area contributed by atoms with Gasteiger partial charge in [-0.15, -0.1) is 0 Å². The highest BCUT2D eigenvalue weighted by Gasteiger charge is 2.11. The first-order chi connectivity index (χ1) is 14.6. The fourth-order valence-corrected chi connectivity index (χ4v) is 3.72. The quantitative estimate of drug-likeness (QED) is 0.328. The van der Waals surface area contributed by atoms with E-state index in [4.69, 9.17) is 21.1 Å². The predicted molar refractivity (Wildman–Crippen MR) is 123 cm³/mol. The number of aromatic amines is 1. The first-order valence-corrected chi connectivity index (χ1v) is 10.7. The number of hydrogen-bond donors (Lipinski definition) is 2. The molecule has 30 heavy (non-hydrogen) atoms. The molecule has 4 aromatic rings. The van der Waals surface area contributed by atoms with Gasteiger partial charge in [0.25, 0.3) is 0 Å². The summed E-state index contributed by atoms with van der Waals surface area (Å²) in [6.45, 7) is 1.73. The maximum atomic E-state index is 5.96. The number of halogens is 2. The van der Waals surface area contributed by atoms with Crippen LogP contribution in [0.5, 0.6) is 11.5 Å². The Morgan fingerprint density at radius 1 is 1.03 bits per heavy atom. The summed E-state index contributed by atoms with van der Waals surface area (Å²) in [5.74, 6) is 2.27. The van der Waals surface area contributed by atoms with Gasteiger partial charge in [-0.2, -0.15) is 0 Å². The Hall–Kier alpha value is -2.54. The number of rotatable bonds is 8.